The van der Waals surface area contributed by atoms with Gasteiger partial charge in [-0.3, -0.25) is 4.79 Å². The van der Waals surface area contributed by atoms with Crippen LogP contribution in [0.4, 0.5) is 0 Å². The molecule has 3 heteroatoms. The predicted octanol–water partition coefficient (Wildman–Crippen LogP) is 4.21. The van der Waals surface area contributed by atoms with Gasteiger partial charge < -0.3 is 10.4 Å². The third-order valence-electron chi connectivity index (χ3n) is 7.13. The second-order valence-electron chi connectivity index (χ2n) is 9.03. The first-order chi connectivity index (χ1) is 12.6. The molecule has 0 heterocycles. The van der Waals surface area contributed by atoms with E-state index in [9.17, 15) is 9.90 Å². The van der Waals surface area contributed by atoms with E-state index in [1.807, 2.05) is 30.3 Å². The maximum Gasteiger partial charge on any atom is 0.226 e. The molecule has 6 rings (SSSR count). The van der Waals surface area contributed by atoms with Crippen LogP contribution in [0.2, 0.25) is 0 Å². The van der Waals surface area contributed by atoms with Crippen LogP contribution in [0.5, 0.6) is 0 Å². The molecule has 1 amide bonds. The molecule has 136 valence electrons. The summed E-state index contributed by atoms with van der Waals surface area (Å²) in [5.74, 6) is 2.48. The van der Waals surface area contributed by atoms with E-state index in [1.54, 1.807) is 0 Å². The van der Waals surface area contributed by atoms with Crippen molar-refractivity contribution < 1.29 is 9.90 Å². The summed E-state index contributed by atoms with van der Waals surface area (Å²) in [5, 5.41) is 16.0. The Morgan fingerprint density at radius 1 is 1.00 bits per heavy atom. The highest BCUT2D eigenvalue weighted by molar-refractivity contribution is 5.84. The van der Waals surface area contributed by atoms with Crippen molar-refractivity contribution in [3.8, 4) is 0 Å². The molecule has 4 aliphatic carbocycles. The van der Waals surface area contributed by atoms with Gasteiger partial charge in [0.15, 0.2) is 0 Å². The lowest BCUT2D eigenvalue weighted by Gasteiger charge is -2.55. The van der Waals surface area contributed by atoms with Crippen LogP contribution in [0.3, 0.4) is 0 Å². The van der Waals surface area contributed by atoms with E-state index in [-0.39, 0.29) is 11.3 Å². The highest BCUT2D eigenvalue weighted by Crippen LogP contribution is 2.60. The van der Waals surface area contributed by atoms with Gasteiger partial charge in [0.05, 0.1) is 6.10 Å². The number of benzene rings is 2. The number of fused-ring (bicyclic) bond motifs is 1. The molecule has 4 saturated carbocycles. The van der Waals surface area contributed by atoms with Gasteiger partial charge in [-0.1, -0.05) is 36.4 Å². The zero-order valence-corrected chi connectivity index (χ0v) is 15.2. The first-order valence-corrected chi connectivity index (χ1v) is 10.1. The molecule has 0 saturated heterocycles. The van der Waals surface area contributed by atoms with Gasteiger partial charge in [-0.25, -0.2) is 0 Å². The number of hydrogen-bond donors (Lipinski definition) is 2. The molecule has 2 aromatic rings. The molecular weight excluding hydrogens is 322 g/mol. The molecule has 4 fully saturated rings. The van der Waals surface area contributed by atoms with Gasteiger partial charge in [0.2, 0.25) is 5.91 Å². The molecule has 0 unspecified atom stereocenters. The number of nitrogens with one attached hydrogen (secondary N) is 1. The summed E-state index contributed by atoms with van der Waals surface area (Å²) in [6.07, 6.45) is 6.56. The Kier molecular flexibility index (Phi) is 3.82. The Hall–Kier alpha value is -1.87. The van der Waals surface area contributed by atoms with Crippen molar-refractivity contribution in [3.05, 3.63) is 48.0 Å². The fourth-order valence-electron chi connectivity index (χ4n) is 6.30. The van der Waals surface area contributed by atoms with Crippen molar-refractivity contribution >= 4 is 16.7 Å². The summed E-state index contributed by atoms with van der Waals surface area (Å²) in [6, 6.07) is 14.2. The SMILES string of the molecule is O=C(NC[C@H](O)c1ccc2ccccc2c1)C12CC3CC(CC(C3)C1)C2. The topological polar surface area (TPSA) is 49.3 Å². The minimum Gasteiger partial charge on any atom is -0.387 e. The highest BCUT2D eigenvalue weighted by Gasteiger charge is 2.54. The van der Waals surface area contributed by atoms with Crippen molar-refractivity contribution in [1.29, 1.82) is 0 Å². The van der Waals surface area contributed by atoms with E-state index in [0.717, 1.165) is 48.0 Å². The monoisotopic (exact) mass is 349 g/mol. The fourth-order valence-corrected chi connectivity index (χ4v) is 6.30. The van der Waals surface area contributed by atoms with Gasteiger partial charge in [0, 0.05) is 12.0 Å². The Morgan fingerprint density at radius 3 is 2.27 bits per heavy atom. The van der Waals surface area contributed by atoms with Gasteiger partial charge in [0.25, 0.3) is 0 Å². The molecule has 4 bridgehead atoms. The molecule has 0 radical (unpaired) electrons. The Labute approximate surface area is 154 Å². The zero-order chi connectivity index (χ0) is 17.7. The number of carbonyl (C=O) groups excluding carboxylic acids is 1. The van der Waals surface area contributed by atoms with E-state index in [2.05, 4.69) is 17.4 Å². The van der Waals surface area contributed by atoms with Gasteiger partial charge in [-0.15, -0.1) is 0 Å². The summed E-state index contributed by atoms with van der Waals surface area (Å²) < 4.78 is 0. The smallest absolute Gasteiger partial charge is 0.226 e. The number of hydrogen-bond acceptors (Lipinski definition) is 2. The molecule has 0 aliphatic heterocycles. The van der Waals surface area contributed by atoms with Crippen LogP contribution < -0.4 is 5.32 Å². The molecule has 4 aliphatic rings. The van der Waals surface area contributed by atoms with E-state index in [1.165, 1.54) is 24.6 Å². The Balaban J connectivity index is 1.27. The van der Waals surface area contributed by atoms with E-state index < -0.39 is 6.10 Å². The maximum atomic E-state index is 13.0. The van der Waals surface area contributed by atoms with Crippen molar-refractivity contribution in [3.63, 3.8) is 0 Å². The average Bonchev–Trinajstić information content (AvgIpc) is 2.64. The van der Waals surface area contributed by atoms with Crippen molar-refractivity contribution in [1.82, 2.24) is 5.32 Å². The summed E-state index contributed by atoms with van der Waals surface area (Å²) in [7, 11) is 0. The number of rotatable bonds is 4. The van der Waals surface area contributed by atoms with Crippen LogP contribution in [0.15, 0.2) is 42.5 Å². The summed E-state index contributed by atoms with van der Waals surface area (Å²) in [5.41, 5.74) is 0.729. The van der Waals surface area contributed by atoms with Gasteiger partial charge in [0.1, 0.15) is 0 Å². The molecule has 2 aromatic carbocycles. The lowest BCUT2D eigenvalue weighted by molar-refractivity contribution is -0.146. The average molecular weight is 349 g/mol. The van der Waals surface area contributed by atoms with Crippen LogP contribution in [0.1, 0.15) is 50.2 Å². The largest absolute Gasteiger partial charge is 0.387 e. The van der Waals surface area contributed by atoms with Crippen molar-refractivity contribution in [2.45, 2.75) is 44.6 Å². The van der Waals surface area contributed by atoms with Crippen LogP contribution in [0.25, 0.3) is 10.8 Å². The zero-order valence-electron chi connectivity index (χ0n) is 15.2. The molecular formula is C23H27NO2. The first kappa shape index (κ1) is 16.3. The normalized spacial score (nSPS) is 33.3. The standard InChI is InChI=1S/C23H27NO2/c25-21(20-6-5-18-3-1-2-4-19(18)10-20)14-24-22(26)23-11-15-7-16(12-23)9-17(8-15)13-23/h1-6,10,15-17,21,25H,7-9,11-14H2,(H,24,26)/t15?,16?,17?,21-,23?/m0/s1. The molecule has 2 N–H and O–H groups in total. The van der Waals surface area contributed by atoms with E-state index in [4.69, 9.17) is 0 Å². The molecule has 0 aromatic heterocycles. The number of aliphatic hydroxyl groups excluding tert-OH is 1. The van der Waals surface area contributed by atoms with Crippen molar-refractivity contribution in [2.24, 2.45) is 23.2 Å². The molecule has 26 heavy (non-hydrogen) atoms. The maximum absolute atomic E-state index is 13.0. The summed E-state index contributed by atoms with van der Waals surface area (Å²) >= 11 is 0. The second-order valence-corrected chi connectivity index (χ2v) is 9.03. The van der Waals surface area contributed by atoms with E-state index >= 15 is 0 Å². The second kappa shape index (κ2) is 6.09. The molecule has 3 nitrogen and oxygen atoms in total. The van der Waals surface area contributed by atoms with Crippen molar-refractivity contribution in [2.75, 3.05) is 6.54 Å². The van der Waals surface area contributed by atoms with E-state index in [0.29, 0.717) is 6.54 Å². The van der Waals surface area contributed by atoms with Crippen LogP contribution in [-0.4, -0.2) is 17.6 Å². The lowest BCUT2D eigenvalue weighted by Crippen LogP contribution is -2.54. The molecule has 1 atom stereocenters. The number of amides is 1. The number of aliphatic hydroxyl groups is 1. The minimum atomic E-state index is -0.655. The van der Waals surface area contributed by atoms with Gasteiger partial charge in [-0.2, -0.15) is 0 Å². The lowest BCUT2D eigenvalue weighted by atomic mass is 9.49. The highest BCUT2D eigenvalue weighted by atomic mass is 16.3. The summed E-state index contributed by atoms with van der Waals surface area (Å²) in [6.45, 7) is 0.304. The third kappa shape index (κ3) is 2.73. The first-order valence-electron chi connectivity index (χ1n) is 10.1. The number of carbonyl (C=O) groups is 1. The quantitative estimate of drug-likeness (QED) is 0.869. The van der Waals surface area contributed by atoms with Crippen LogP contribution in [-0.2, 0) is 4.79 Å². The Bertz CT molecular complexity index is 808. The van der Waals surface area contributed by atoms with Crippen LogP contribution >= 0.6 is 0 Å². The summed E-state index contributed by atoms with van der Waals surface area (Å²) in [4.78, 5) is 13.0. The van der Waals surface area contributed by atoms with Gasteiger partial charge in [-0.05, 0) is 78.7 Å². The van der Waals surface area contributed by atoms with Crippen LogP contribution in [0, 0.1) is 23.2 Å². The van der Waals surface area contributed by atoms with Gasteiger partial charge >= 0.3 is 0 Å². The Morgan fingerprint density at radius 2 is 1.62 bits per heavy atom. The predicted molar refractivity (Wildman–Crippen MR) is 103 cm³/mol. The minimum absolute atomic E-state index is 0.141. The fraction of sp³-hybridized carbons (Fsp3) is 0.522. The molecule has 0 spiro atoms. The third-order valence-corrected chi connectivity index (χ3v) is 7.13.